The van der Waals surface area contributed by atoms with Gasteiger partial charge in [-0.25, -0.2) is 4.39 Å². The molecule has 2 aromatic carbocycles. The van der Waals surface area contributed by atoms with Gasteiger partial charge in [-0.2, -0.15) is 0 Å². The third-order valence-corrected chi connectivity index (χ3v) is 5.52. The first-order valence-corrected chi connectivity index (χ1v) is 10.7. The molecule has 7 heteroatoms. The monoisotopic (exact) mass is 448 g/mol. The van der Waals surface area contributed by atoms with Crippen LogP contribution in [-0.4, -0.2) is 35.9 Å². The minimum atomic E-state index is -0.789. The molecule has 0 aliphatic rings. The standard InChI is InChI=1S/C24H30ClFN2O3/c1-15(2)12-27-24(30)18(5)28(13-19-8-6-7-9-21(19)26)22(29)14-31-20-10-16(3)23(25)17(4)11-20/h6-11,15,18H,12-14H2,1-5H3,(H,27,30)/t18-/m0/s1. The zero-order chi connectivity index (χ0) is 23.1. The molecule has 0 spiro atoms. The molecule has 2 rings (SSSR count). The molecule has 2 amide bonds. The molecule has 0 saturated heterocycles. The Kier molecular flexibility index (Phi) is 8.87. The van der Waals surface area contributed by atoms with Crippen LogP contribution in [0.4, 0.5) is 4.39 Å². The van der Waals surface area contributed by atoms with Crippen LogP contribution in [0.2, 0.25) is 5.02 Å². The molecular formula is C24H30ClFN2O3. The van der Waals surface area contributed by atoms with Crippen molar-refractivity contribution < 1.29 is 18.7 Å². The summed E-state index contributed by atoms with van der Waals surface area (Å²) in [6, 6.07) is 8.92. The second-order valence-electron chi connectivity index (χ2n) is 8.09. The first-order chi connectivity index (χ1) is 14.6. The fourth-order valence-electron chi connectivity index (χ4n) is 3.06. The van der Waals surface area contributed by atoms with Crippen LogP contribution >= 0.6 is 11.6 Å². The zero-order valence-electron chi connectivity index (χ0n) is 18.7. The summed E-state index contributed by atoms with van der Waals surface area (Å²) in [5.41, 5.74) is 2.01. The predicted molar refractivity (Wildman–Crippen MR) is 121 cm³/mol. The van der Waals surface area contributed by atoms with Crippen LogP contribution in [0.3, 0.4) is 0 Å². The Morgan fingerprint density at radius 1 is 1.13 bits per heavy atom. The predicted octanol–water partition coefficient (Wildman–Crippen LogP) is 4.66. The zero-order valence-corrected chi connectivity index (χ0v) is 19.4. The maximum absolute atomic E-state index is 14.2. The normalized spacial score (nSPS) is 11.9. The Bertz CT molecular complexity index is 910. The summed E-state index contributed by atoms with van der Waals surface area (Å²) in [7, 11) is 0. The van der Waals surface area contributed by atoms with Gasteiger partial charge < -0.3 is 15.0 Å². The van der Waals surface area contributed by atoms with Gasteiger partial charge in [-0.1, -0.05) is 43.6 Å². The van der Waals surface area contributed by atoms with Gasteiger partial charge in [0.05, 0.1) is 0 Å². The lowest BCUT2D eigenvalue weighted by molar-refractivity contribution is -0.142. The summed E-state index contributed by atoms with van der Waals surface area (Å²) in [6.07, 6.45) is 0. The first-order valence-electron chi connectivity index (χ1n) is 10.3. The van der Waals surface area contributed by atoms with Crippen LogP contribution in [0.5, 0.6) is 5.75 Å². The summed E-state index contributed by atoms with van der Waals surface area (Å²) in [5.74, 6) is -0.362. The Balaban J connectivity index is 2.19. The Labute approximate surface area is 188 Å². The molecule has 0 aliphatic heterocycles. The number of nitrogens with zero attached hydrogens (tertiary/aromatic N) is 1. The third-order valence-electron chi connectivity index (χ3n) is 4.92. The van der Waals surface area contributed by atoms with E-state index >= 15 is 0 Å². The maximum atomic E-state index is 14.2. The Morgan fingerprint density at radius 3 is 2.32 bits per heavy atom. The lowest BCUT2D eigenvalue weighted by Crippen LogP contribution is -2.49. The molecule has 0 aliphatic carbocycles. The minimum Gasteiger partial charge on any atom is -0.484 e. The van der Waals surface area contributed by atoms with E-state index in [9.17, 15) is 14.0 Å². The topological polar surface area (TPSA) is 58.6 Å². The highest BCUT2D eigenvalue weighted by Gasteiger charge is 2.27. The molecule has 0 fully saturated rings. The van der Waals surface area contributed by atoms with E-state index in [0.717, 1.165) is 11.1 Å². The van der Waals surface area contributed by atoms with E-state index in [2.05, 4.69) is 5.32 Å². The average molecular weight is 449 g/mol. The van der Waals surface area contributed by atoms with Crippen molar-refractivity contribution in [3.63, 3.8) is 0 Å². The molecule has 0 unspecified atom stereocenters. The summed E-state index contributed by atoms with van der Waals surface area (Å²) in [4.78, 5) is 27.0. The fraction of sp³-hybridized carbons (Fsp3) is 0.417. The van der Waals surface area contributed by atoms with Crippen molar-refractivity contribution in [3.8, 4) is 5.75 Å². The second kappa shape index (κ2) is 11.1. The quantitative estimate of drug-likeness (QED) is 0.606. The van der Waals surface area contributed by atoms with Crippen LogP contribution in [0.25, 0.3) is 0 Å². The highest BCUT2D eigenvalue weighted by atomic mass is 35.5. The van der Waals surface area contributed by atoms with Gasteiger partial charge in [-0.3, -0.25) is 9.59 Å². The van der Waals surface area contributed by atoms with Gasteiger partial charge in [0.15, 0.2) is 6.61 Å². The molecule has 5 nitrogen and oxygen atoms in total. The van der Waals surface area contributed by atoms with E-state index in [-0.39, 0.29) is 25.0 Å². The molecule has 31 heavy (non-hydrogen) atoms. The molecule has 1 N–H and O–H groups in total. The lowest BCUT2D eigenvalue weighted by atomic mass is 10.1. The fourth-order valence-corrected chi connectivity index (χ4v) is 3.17. The average Bonchev–Trinajstić information content (AvgIpc) is 2.72. The van der Waals surface area contributed by atoms with Gasteiger partial charge in [-0.05, 0) is 56.0 Å². The SMILES string of the molecule is Cc1cc(OCC(=O)N(Cc2ccccc2F)[C@@H](C)C(=O)NCC(C)C)cc(C)c1Cl. The van der Waals surface area contributed by atoms with Crippen LogP contribution in [0.1, 0.15) is 37.5 Å². The number of hydrogen-bond acceptors (Lipinski definition) is 3. The number of carbonyl (C=O) groups excluding carboxylic acids is 2. The molecule has 2 aromatic rings. The van der Waals surface area contributed by atoms with E-state index in [0.29, 0.717) is 22.9 Å². The highest BCUT2D eigenvalue weighted by molar-refractivity contribution is 6.32. The van der Waals surface area contributed by atoms with Crippen LogP contribution in [-0.2, 0) is 16.1 Å². The number of aryl methyl sites for hydroxylation is 2. The summed E-state index contributed by atoms with van der Waals surface area (Å²) in [5, 5.41) is 3.48. The van der Waals surface area contributed by atoms with Crippen LogP contribution in [0, 0.1) is 25.6 Å². The Hall–Kier alpha value is -2.60. The van der Waals surface area contributed by atoms with Crippen LogP contribution < -0.4 is 10.1 Å². The third kappa shape index (κ3) is 6.96. The van der Waals surface area contributed by atoms with Crippen molar-refractivity contribution in [3.05, 3.63) is 63.9 Å². The van der Waals surface area contributed by atoms with E-state index in [1.165, 1.54) is 11.0 Å². The number of halogens is 2. The molecule has 168 valence electrons. The van der Waals surface area contributed by atoms with E-state index in [4.69, 9.17) is 16.3 Å². The second-order valence-corrected chi connectivity index (χ2v) is 8.47. The summed E-state index contributed by atoms with van der Waals surface area (Å²) >= 11 is 6.19. The smallest absolute Gasteiger partial charge is 0.261 e. The summed E-state index contributed by atoms with van der Waals surface area (Å²) in [6.45, 7) is 9.48. The van der Waals surface area contributed by atoms with Crippen molar-refractivity contribution in [2.45, 2.75) is 47.2 Å². The van der Waals surface area contributed by atoms with Crippen molar-refractivity contribution in [1.82, 2.24) is 10.2 Å². The van der Waals surface area contributed by atoms with E-state index in [1.807, 2.05) is 27.7 Å². The van der Waals surface area contributed by atoms with Crippen molar-refractivity contribution in [2.75, 3.05) is 13.2 Å². The molecular weight excluding hydrogens is 419 g/mol. The molecule has 0 radical (unpaired) electrons. The van der Waals surface area contributed by atoms with E-state index in [1.54, 1.807) is 37.3 Å². The summed E-state index contributed by atoms with van der Waals surface area (Å²) < 4.78 is 19.9. The van der Waals surface area contributed by atoms with Gasteiger partial charge in [0.2, 0.25) is 5.91 Å². The van der Waals surface area contributed by atoms with Gasteiger partial charge in [0, 0.05) is 23.7 Å². The molecule has 0 saturated carbocycles. The highest BCUT2D eigenvalue weighted by Crippen LogP contribution is 2.26. The van der Waals surface area contributed by atoms with Crippen molar-refractivity contribution >= 4 is 23.4 Å². The number of amides is 2. The minimum absolute atomic E-state index is 0.0379. The molecule has 0 heterocycles. The van der Waals surface area contributed by atoms with E-state index < -0.39 is 17.8 Å². The lowest BCUT2D eigenvalue weighted by Gasteiger charge is -2.29. The van der Waals surface area contributed by atoms with Crippen molar-refractivity contribution in [1.29, 1.82) is 0 Å². The molecule has 0 bridgehead atoms. The number of rotatable bonds is 9. The molecule has 0 aromatic heterocycles. The van der Waals surface area contributed by atoms with Crippen molar-refractivity contribution in [2.24, 2.45) is 5.92 Å². The first kappa shape index (κ1) is 24.7. The van der Waals surface area contributed by atoms with Gasteiger partial charge in [0.25, 0.3) is 5.91 Å². The van der Waals surface area contributed by atoms with Crippen LogP contribution in [0.15, 0.2) is 36.4 Å². The number of ether oxygens (including phenoxy) is 1. The Morgan fingerprint density at radius 2 is 1.74 bits per heavy atom. The molecule has 1 atom stereocenters. The van der Waals surface area contributed by atoms with Gasteiger partial charge in [-0.15, -0.1) is 0 Å². The van der Waals surface area contributed by atoms with Gasteiger partial charge >= 0.3 is 0 Å². The maximum Gasteiger partial charge on any atom is 0.261 e. The number of benzene rings is 2. The number of hydrogen-bond donors (Lipinski definition) is 1. The number of carbonyl (C=O) groups is 2. The van der Waals surface area contributed by atoms with Gasteiger partial charge in [0.1, 0.15) is 17.6 Å². The largest absolute Gasteiger partial charge is 0.484 e. The number of nitrogens with one attached hydrogen (secondary N) is 1.